The Morgan fingerprint density at radius 2 is 1.50 bits per heavy atom. The maximum absolute atomic E-state index is 13.1. The first-order valence-electron chi connectivity index (χ1n) is 15.6. The number of esters is 2. The third kappa shape index (κ3) is 10.6. The highest BCUT2D eigenvalue weighted by molar-refractivity contribution is 5.89. The minimum absolute atomic E-state index is 0.0328. The maximum atomic E-state index is 13.1. The van der Waals surface area contributed by atoms with Crippen LogP contribution in [-0.2, 0) is 19.2 Å². The molecule has 252 valence electrons. The van der Waals surface area contributed by atoms with E-state index < -0.39 is 40.5 Å². The van der Waals surface area contributed by atoms with Crippen molar-refractivity contribution in [3.8, 4) is 17.2 Å². The van der Waals surface area contributed by atoms with E-state index in [0.29, 0.717) is 24.3 Å². The second-order valence-electron chi connectivity index (χ2n) is 14.3. The lowest BCUT2D eigenvalue weighted by molar-refractivity contribution is -0.145. The molecule has 0 aliphatic carbocycles. The van der Waals surface area contributed by atoms with Crippen molar-refractivity contribution < 1.29 is 38.5 Å². The molecule has 0 bridgehead atoms. The van der Waals surface area contributed by atoms with Crippen molar-refractivity contribution in [3.63, 3.8) is 0 Å². The number of carbonyl (C=O) groups excluding carboxylic acids is 4. The highest BCUT2D eigenvalue weighted by atomic mass is 16.6. The standard InChI is InChI=1S/C35H49N3O8/c1-33(2,3)31(42)45-27-17-16-23(19-28(27)46-32(43)34(4,5)6)26(39)20-37-35(7,8)22-36-30(41)25-15-12-18-38(25)29(40)21-44-24-13-10-9-11-14-24/h9-11,13-14,16-17,19,25-26,37,39H,12,15,18,20-22H2,1-8H3,(H,36,41)/t25-,26?/m0/s1. The molecule has 11 heteroatoms. The van der Waals surface area contributed by atoms with Crippen LogP contribution in [0.15, 0.2) is 48.5 Å². The lowest BCUT2D eigenvalue weighted by atomic mass is 9.97. The molecule has 1 saturated heterocycles. The van der Waals surface area contributed by atoms with Gasteiger partial charge in [-0.25, -0.2) is 0 Å². The van der Waals surface area contributed by atoms with Gasteiger partial charge in [0, 0.05) is 25.2 Å². The first-order valence-corrected chi connectivity index (χ1v) is 15.6. The Bertz CT molecular complexity index is 1380. The highest BCUT2D eigenvalue weighted by Crippen LogP contribution is 2.34. The molecule has 2 atom stereocenters. The first-order chi connectivity index (χ1) is 21.4. The largest absolute Gasteiger partial charge is 0.484 e. The lowest BCUT2D eigenvalue weighted by Crippen LogP contribution is -2.54. The van der Waals surface area contributed by atoms with Crippen molar-refractivity contribution in [3.05, 3.63) is 54.1 Å². The van der Waals surface area contributed by atoms with Gasteiger partial charge in [0.25, 0.3) is 5.91 Å². The predicted octanol–water partition coefficient (Wildman–Crippen LogP) is 4.18. The third-order valence-corrected chi connectivity index (χ3v) is 7.44. The molecule has 3 N–H and O–H groups in total. The van der Waals surface area contributed by atoms with Crippen LogP contribution >= 0.6 is 0 Å². The van der Waals surface area contributed by atoms with Crippen LogP contribution in [0.1, 0.15) is 79.9 Å². The SMILES string of the molecule is CC(C)(CNC(=O)[C@@H]1CCCN1C(=O)COc1ccccc1)NCC(O)c1ccc(OC(=O)C(C)(C)C)c(OC(=O)C(C)(C)C)c1. The predicted molar refractivity (Wildman–Crippen MR) is 173 cm³/mol. The summed E-state index contributed by atoms with van der Waals surface area (Å²) in [4.78, 5) is 52.7. The molecule has 0 saturated carbocycles. The van der Waals surface area contributed by atoms with E-state index in [1.54, 1.807) is 64.6 Å². The van der Waals surface area contributed by atoms with E-state index in [9.17, 15) is 24.3 Å². The quantitative estimate of drug-likeness (QED) is 0.230. The van der Waals surface area contributed by atoms with E-state index in [0.717, 1.165) is 6.42 Å². The summed E-state index contributed by atoms with van der Waals surface area (Å²) in [6, 6.07) is 13.1. The van der Waals surface area contributed by atoms with Crippen molar-refractivity contribution in [2.24, 2.45) is 10.8 Å². The molecule has 0 spiro atoms. The van der Waals surface area contributed by atoms with Gasteiger partial charge < -0.3 is 34.9 Å². The van der Waals surface area contributed by atoms with Gasteiger partial charge in [-0.15, -0.1) is 0 Å². The Kier molecular flexibility index (Phi) is 12.0. The van der Waals surface area contributed by atoms with E-state index in [-0.39, 0.29) is 43.0 Å². The second kappa shape index (κ2) is 15.1. The number of ether oxygens (including phenoxy) is 3. The van der Waals surface area contributed by atoms with Gasteiger partial charge in [-0.1, -0.05) is 24.3 Å². The molecule has 1 heterocycles. The maximum Gasteiger partial charge on any atom is 0.316 e. The summed E-state index contributed by atoms with van der Waals surface area (Å²) in [6.45, 7) is 14.8. The third-order valence-electron chi connectivity index (χ3n) is 7.44. The Morgan fingerprint density at radius 3 is 2.11 bits per heavy atom. The molecule has 2 aromatic carbocycles. The van der Waals surface area contributed by atoms with Gasteiger partial charge in [-0.05, 0) is 98.1 Å². The number of hydrogen-bond donors (Lipinski definition) is 3. The van der Waals surface area contributed by atoms with E-state index in [2.05, 4.69) is 10.6 Å². The van der Waals surface area contributed by atoms with E-state index in [4.69, 9.17) is 14.2 Å². The number of para-hydroxylation sites is 1. The Morgan fingerprint density at radius 1 is 0.891 bits per heavy atom. The second-order valence-corrected chi connectivity index (χ2v) is 14.3. The van der Waals surface area contributed by atoms with Crippen molar-refractivity contribution in [2.45, 2.75) is 85.9 Å². The number of aliphatic hydroxyl groups excluding tert-OH is 1. The minimum Gasteiger partial charge on any atom is -0.484 e. The molecule has 1 aliphatic heterocycles. The van der Waals surface area contributed by atoms with E-state index in [1.807, 2.05) is 32.0 Å². The average Bonchev–Trinajstić information content (AvgIpc) is 3.48. The number of likely N-dealkylation sites (tertiary alicyclic amines) is 1. The van der Waals surface area contributed by atoms with Crippen LogP contribution in [0, 0.1) is 10.8 Å². The number of amides is 2. The summed E-state index contributed by atoms with van der Waals surface area (Å²) in [5.74, 6) is -0.798. The smallest absolute Gasteiger partial charge is 0.316 e. The number of hydrogen-bond acceptors (Lipinski definition) is 9. The molecule has 0 aromatic heterocycles. The summed E-state index contributed by atoms with van der Waals surface area (Å²) in [7, 11) is 0. The van der Waals surface area contributed by atoms with E-state index >= 15 is 0 Å². The zero-order chi connectivity index (χ0) is 34.3. The van der Waals surface area contributed by atoms with Gasteiger partial charge in [0.05, 0.1) is 16.9 Å². The number of β-amino-alcohol motifs (C(OH)–C–C–N with tert-alkyl or cyclic N) is 1. The van der Waals surface area contributed by atoms with Crippen LogP contribution in [0.2, 0.25) is 0 Å². The number of nitrogens with one attached hydrogen (secondary N) is 2. The normalized spacial score (nSPS) is 16.0. The number of aliphatic hydroxyl groups is 1. The zero-order valence-electron chi connectivity index (χ0n) is 28.3. The fourth-order valence-corrected chi connectivity index (χ4v) is 4.46. The van der Waals surface area contributed by atoms with Crippen LogP contribution in [0.5, 0.6) is 17.2 Å². The molecule has 46 heavy (non-hydrogen) atoms. The van der Waals surface area contributed by atoms with Crippen LogP contribution in [-0.4, -0.2) is 71.6 Å². The summed E-state index contributed by atoms with van der Waals surface area (Å²) < 4.78 is 16.7. The molecular weight excluding hydrogens is 590 g/mol. The molecule has 2 aromatic rings. The van der Waals surface area contributed by atoms with Crippen molar-refractivity contribution in [1.82, 2.24) is 15.5 Å². The van der Waals surface area contributed by atoms with Crippen molar-refractivity contribution >= 4 is 23.8 Å². The fraction of sp³-hybridized carbons (Fsp3) is 0.543. The number of benzene rings is 2. The van der Waals surface area contributed by atoms with Gasteiger partial charge in [0.15, 0.2) is 18.1 Å². The molecule has 3 rings (SSSR count). The highest BCUT2D eigenvalue weighted by Gasteiger charge is 2.35. The fourth-order valence-electron chi connectivity index (χ4n) is 4.46. The van der Waals surface area contributed by atoms with Crippen LogP contribution in [0.25, 0.3) is 0 Å². The average molecular weight is 640 g/mol. The number of rotatable bonds is 12. The summed E-state index contributed by atoms with van der Waals surface area (Å²) in [6.07, 6.45) is 0.283. The summed E-state index contributed by atoms with van der Waals surface area (Å²) in [5.41, 5.74) is -1.77. The minimum atomic E-state index is -1.01. The zero-order valence-corrected chi connectivity index (χ0v) is 28.3. The summed E-state index contributed by atoms with van der Waals surface area (Å²) in [5, 5.41) is 17.2. The monoisotopic (exact) mass is 639 g/mol. The number of carbonyl (C=O) groups is 4. The van der Waals surface area contributed by atoms with E-state index in [1.165, 1.54) is 12.1 Å². The molecule has 1 unspecified atom stereocenters. The van der Waals surface area contributed by atoms with Crippen LogP contribution in [0.4, 0.5) is 0 Å². The molecule has 11 nitrogen and oxygen atoms in total. The van der Waals surface area contributed by atoms with Gasteiger partial charge in [-0.2, -0.15) is 0 Å². The lowest BCUT2D eigenvalue weighted by Gasteiger charge is -2.30. The molecule has 1 fully saturated rings. The van der Waals surface area contributed by atoms with Crippen molar-refractivity contribution in [2.75, 3.05) is 26.2 Å². The van der Waals surface area contributed by atoms with Crippen molar-refractivity contribution in [1.29, 1.82) is 0 Å². The number of nitrogens with zero attached hydrogens (tertiary/aromatic N) is 1. The van der Waals surface area contributed by atoms with Crippen LogP contribution < -0.4 is 24.8 Å². The molecule has 1 aliphatic rings. The Labute approximate surface area is 272 Å². The topological polar surface area (TPSA) is 144 Å². The molecular formula is C35H49N3O8. The van der Waals surface area contributed by atoms with Gasteiger partial charge in [0.1, 0.15) is 11.8 Å². The Balaban J connectivity index is 1.59. The summed E-state index contributed by atoms with van der Waals surface area (Å²) >= 11 is 0. The van der Waals surface area contributed by atoms with Gasteiger partial charge >= 0.3 is 11.9 Å². The molecule has 2 amide bonds. The van der Waals surface area contributed by atoms with Gasteiger partial charge in [-0.3, -0.25) is 19.2 Å². The Hall–Kier alpha value is -3.96. The van der Waals surface area contributed by atoms with Gasteiger partial charge in [0.2, 0.25) is 5.91 Å². The molecule has 0 radical (unpaired) electrons. The first kappa shape index (κ1) is 36.5. The van der Waals surface area contributed by atoms with Crippen LogP contribution in [0.3, 0.4) is 0 Å².